The zero-order valence-electron chi connectivity index (χ0n) is 9.39. The summed E-state index contributed by atoms with van der Waals surface area (Å²) in [5, 5.41) is 0. The van der Waals surface area contributed by atoms with Crippen LogP contribution in [0.4, 0.5) is 0 Å². The second-order valence-electron chi connectivity index (χ2n) is 3.79. The number of nitrogens with two attached hydrogens (primary N) is 1. The van der Waals surface area contributed by atoms with Gasteiger partial charge in [0, 0.05) is 19.2 Å². The van der Waals surface area contributed by atoms with Crippen molar-refractivity contribution in [1.82, 2.24) is 0 Å². The summed E-state index contributed by atoms with van der Waals surface area (Å²) in [4.78, 5) is 0. The highest BCUT2D eigenvalue weighted by atomic mass is 16.7. The van der Waals surface area contributed by atoms with Gasteiger partial charge in [-0.05, 0) is 5.56 Å². The van der Waals surface area contributed by atoms with Gasteiger partial charge in [0.25, 0.3) is 0 Å². The largest absolute Gasteiger partial charge is 0.380 e. The summed E-state index contributed by atoms with van der Waals surface area (Å²) < 4.78 is 16.4. The lowest BCUT2D eigenvalue weighted by atomic mass is 10.1. The molecule has 0 spiro atoms. The summed E-state index contributed by atoms with van der Waals surface area (Å²) in [6.07, 6.45) is -0.305. The van der Waals surface area contributed by atoms with E-state index < -0.39 is 0 Å². The minimum absolute atomic E-state index is 0.000557. The van der Waals surface area contributed by atoms with E-state index in [1.54, 1.807) is 7.11 Å². The highest BCUT2D eigenvalue weighted by Gasteiger charge is 2.27. The van der Waals surface area contributed by atoms with E-state index in [9.17, 15) is 0 Å². The van der Waals surface area contributed by atoms with Crippen LogP contribution in [0.25, 0.3) is 0 Å². The van der Waals surface area contributed by atoms with Crippen LogP contribution in [-0.2, 0) is 20.8 Å². The van der Waals surface area contributed by atoms with Gasteiger partial charge in [-0.1, -0.05) is 24.3 Å². The number of methoxy groups -OCH3 is 1. The Balaban J connectivity index is 2.14. The molecule has 4 heteroatoms. The topological polar surface area (TPSA) is 53.7 Å². The summed E-state index contributed by atoms with van der Waals surface area (Å²) in [6, 6.07) is 7.96. The van der Waals surface area contributed by atoms with Gasteiger partial charge in [0.2, 0.25) is 0 Å². The smallest absolute Gasteiger partial charge is 0.184 e. The third kappa shape index (κ3) is 2.41. The van der Waals surface area contributed by atoms with Crippen molar-refractivity contribution < 1.29 is 14.2 Å². The van der Waals surface area contributed by atoms with Gasteiger partial charge in [-0.25, -0.2) is 0 Å². The van der Waals surface area contributed by atoms with Crippen LogP contribution in [0, 0.1) is 0 Å². The second-order valence-corrected chi connectivity index (χ2v) is 3.79. The summed E-state index contributed by atoms with van der Waals surface area (Å²) in [7, 11) is 1.68. The van der Waals surface area contributed by atoms with Gasteiger partial charge < -0.3 is 19.9 Å². The minimum Gasteiger partial charge on any atom is -0.380 e. The van der Waals surface area contributed by atoms with Crippen LogP contribution in [0.15, 0.2) is 24.3 Å². The van der Waals surface area contributed by atoms with E-state index in [2.05, 4.69) is 0 Å². The first kappa shape index (κ1) is 11.5. The number of benzene rings is 1. The van der Waals surface area contributed by atoms with Gasteiger partial charge in [-0.2, -0.15) is 0 Å². The Morgan fingerprint density at radius 3 is 2.94 bits per heavy atom. The zero-order chi connectivity index (χ0) is 11.4. The van der Waals surface area contributed by atoms with Crippen molar-refractivity contribution in [1.29, 1.82) is 0 Å². The quantitative estimate of drug-likeness (QED) is 0.833. The van der Waals surface area contributed by atoms with E-state index in [0.29, 0.717) is 19.8 Å². The molecule has 1 aromatic rings. The SMILES string of the molecule is COCc1ccccc1C1OCC(CN)O1. The van der Waals surface area contributed by atoms with Gasteiger partial charge in [0.15, 0.2) is 6.29 Å². The molecule has 16 heavy (non-hydrogen) atoms. The molecule has 1 saturated heterocycles. The maximum Gasteiger partial charge on any atom is 0.184 e. The van der Waals surface area contributed by atoms with E-state index >= 15 is 0 Å². The maximum atomic E-state index is 5.68. The molecule has 1 fully saturated rings. The van der Waals surface area contributed by atoms with Crippen LogP contribution in [0.3, 0.4) is 0 Å². The molecule has 0 aromatic heterocycles. The monoisotopic (exact) mass is 223 g/mol. The first-order valence-electron chi connectivity index (χ1n) is 5.39. The lowest BCUT2D eigenvalue weighted by Gasteiger charge is -2.14. The lowest BCUT2D eigenvalue weighted by molar-refractivity contribution is -0.0597. The predicted octanol–water partition coefficient (Wildman–Crippen LogP) is 1.21. The van der Waals surface area contributed by atoms with Crippen molar-refractivity contribution in [3.8, 4) is 0 Å². The summed E-state index contributed by atoms with van der Waals surface area (Å²) in [5.74, 6) is 0. The fraction of sp³-hybridized carbons (Fsp3) is 0.500. The van der Waals surface area contributed by atoms with Gasteiger partial charge in [0.1, 0.15) is 0 Å². The lowest BCUT2D eigenvalue weighted by Crippen LogP contribution is -2.21. The summed E-state index contributed by atoms with van der Waals surface area (Å²) >= 11 is 0. The predicted molar refractivity (Wildman–Crippen MR) is 59.8 cm³/mol. The molecule has 2 unspecified atom stereocenters. The molecular weight excluding hydrogens is 206 g/mol. The van der Waals surface area contributed by atoms with Crippen LogP contribution >= 0.6 is 0 Å². The van der Waals surface area contributed by atoms with E-state index in [-0.39, 0.29) is 12.4 Å². The molecule has 4 nitrogen and oxygen atoms in total. The third-order valence-electron chi connectivity index (χ3n) is 2.62. The molecular formula is C12H17NO3. The Morgan fingerprint density at radius 2 is 2.25 bits per heavy atom. The number of rotatable bonds is 4. The van der Waals surface area contributed by atoms with Gasteiger partial charge in [0.05, 0.1) is 19.3 Å². The van der Waals surface area contributed by atoms with Crippen molar-refractivity contribution in [3.63, 3.8) is 0 Å². The molecule has 0 radical (unpaired) electrons. The Bertz CT molecular complexity index is 343. The Kier molecular flexibility index (Phi) is 3.90. The standard InChI is InChI=1S/C12H17NO3/c1-14-7-9-4-2-3-5-11(9)12-15-8-10(6-13)16-12/h2-5,10,12H,6-8,13H2,1H3. The second kappa shape index (κ2) is 5.41. The molecule has 0 saturated carbocycles. The van der Waals surface area contributed by atoms with Crippen molar-refractivity contribution in [3.05, 3.63) is 35.4 Å². The zero-order valence-corrected chi connectivity index (χ0v) is 9.39. The van der Waals surface area contributed by atoms with E-state index in [0.717, 1.165) is 11.1 Å². The maximum absolute atomic E-state index is 5.68. The normalized spacial score (nSPS) is 24.9. The minimum atomic E-state index is -0.306. The van der Waals surface area contributed by atoms with Gasteiger partial charge >= 0.3 is 0 Å². The average Bonchev–Trinajstić information content (AvgIpc) is 2.79. The fourth-order valence-corrected chi connectivity index (χ4v) is 1.79. The summed E-state index contributed by atoms with van der Waals surface area (Å²) in [6.45, 7) is 1.61. The van der Waals surface area contributed by atoms with Gasteiger partial charge in [-0.15, -0.1) is 0 Å². The fourth-order valence-electron chi connectivity index (χ4n) is 1.79. The van der Waals surface area contributed by atoms with Crippen molar-refractivity contribution in [2.75, 3.05) is 20.3 Å². The van der Waals surface area contributed by atoms with E-state index in [4.69, 9.17) is 19.9 Å². The van der Waals surface area contributed by atoms with Crippen molar-refractivity contribution in [2.24, 2.45) is 5.73 Å². The number of hydrogen-bond donors (Lipinski definition) is 1. The Morgan fingerprint density at radius 1 is 1.44 bits per heavy atom. The molecule has 2 atom stereocenters. The Labute approximate surface area is 95.3 Å². The molecule has 2 rings (SSSR count). The molecule has 2 N–H and O–H groups in total. The number of ether oxygens (including phenoxy) is 3. The van der Waals surface area contributed by atoms with Crippen LogP contribution < -0.4 is 5.73 Å². The first-order valence-corrected chi connectivity index (χ1v) is 5.39. The van der Waals surface area contributed by atoms with Crippen LogP contribution in [0.1, 0.15) is 17.4 Å². The summed E-state index contributed by atoms with van der Waals surface area (Å²) in [5.41, 5.74) is 7.66. The highest BCUT2D eigenvalue weighted by molar-refractivity contribution is 5.28. The van der Waals surface area contributed by atoms with Crippen LogP contribution in [0.5, 0.6) is 0 Å². The molecule has 0 aliphatic carbocycles. The van der Waals surface area contributed by atoms with Crippen LogP contribution in [-0.4, -0.2) is 26.4 Å². The third-order valence-corrected chi connectivity index (χ3v) is 2.62. The molecule has 0 amide bonds. The van der Waals surface area contributed by atoms with E-state index in [1.807, 2.05) is 24.3 Å². The van der Waals surface area contributed by atoms with Crippen LogP contribution in [0.2, 0.25) is 0 Å². The molecule has 1 aliphatic rings. The highest BCUT2D eigenvalue weighted by Crippen LogP contribution is 2.29. The first-order chi connectivity index (χ1) is 7.85. The Hall–Kier alpha value is -0.940. The van der Waals surface area contributed by atoms with E-state index in [1.165, 1.54) is 0 Å². The molecule has 1 heterocycles. The average molecular weight is 223 g/mol. The van der Waals surface area contributed by atoms with Gasteiger partial charge in [-0.3, -0.25) is 0 Å². The van der Waals surface area contributed by atoms with Crippen molar-refractivity contribution >= 4 is 0 Å². The molecule has 0 bridgehead atoms. The molecule has 88 valence electrons. The van der Waals surface area contributed by atoms with Crippen molar-refractivity contribution in [2.45, 2.75) is 19.0 Å². The molecule has 1 aliphatic heterocycles. The molecule has 1 aromatic carbocycles. The number of hydrogen-bond acceptors (Lipinski definition) is 4.